The molecule has 0 aliphatic heterocycles. The summed E-state index contributed by atoms with van der Waals surface area (Å²) in [6, 6.07) is 5.72. The molecule has 0 amide bonds. The van der Waals surface area contributed by atoms with Crippen molar-refractivity contribution in [1.82, 2.24) is 15.0 Å². The summed E-state index contributed by atoms with van der Waals surface area (Å²) in [4.78, 5) is 14.7. The van der Waals surface area contributed by atoms with Crippen molar-refractivity contribution in [3.8, 4) is 0 Å². The highest BCUT2D eigenvalue weighted by atomic mass is 35.5. The summed E-state index contributed by atoms with van der Waals surface area (Å²) in [5.74, 6) is 1.12. The Labute approximate surface area is 129 Å². The van der Waals surface area contributed by atoms with Crippen molar-refractivity contribution in [2.24, 2.45) is 0 Å². The van der Waals surface area contributed by atoms with Gasteiger partial charge in [0.2, 0.25) is 17.8 Å². The number of hydrogen-bond acceptors (Lipinski definition) is 6. The SMILES string of the molecule is CCN(CC)c1nc(N)nc(Nc2ccc(C)cc2Cl)n1. The molecule has 0 saturated carbocycles. The molecule has 0 aliphatic carbocycles. The van der Waals surface area contributed by atoms with Gasteiger partial charge < -0.3 is 16.0 Å². The zero-order valence-corrected chi connectivity index (χ0v) is 13.1. The van der Waals surface area contributed by atoms with Crippen LogP contribution in [0.15, 0.2) is 18.2 Å². The number of halogens is 1. The van der Waals surface area contributed by atoms with E-state index in [1.807, 2.05) is 43.9 Å². The first kappa shape index (κ1) is 15.3. The second-order valence-electron chi connectivity index (χ2n) is 4.60. The minimum Gasteiger partial charge on any atom is -0.368 e. The van der Waals surface area contributed by atoms with Gasteiger partial charge in [-0.25, -0.2) is 0 Å². The third-order valence-corrected chi connectivity index (χ3v) is 3.37. The van der Waals surface area contributed by atoms with E-state index < -0.39 is 0 Å². The minimum absolute atomic E-state index is 0.178. The van der Waals surface area contributed by atoms with Gasteiger partial charge in [-0.1, -0.05) is 17.7 Å². The van der Waals surface area contributed by atoms with Crippen LogP contribution >= 0.6 is 11.6 Å². The summed E-state index contributed by atoms with van der Waals surface area (Å²) in [5.41, 5.74) is 7.58. The highest BCUT2D eigenvalue weighted by Gasteiger charge is 2.10. The van der Waals surface area contributed by atoms with E-state index in [1.165, 1.54) is 0 Å². The van der Waals surface area contributed by atoms with Gasteiger partial charge in [-0.05, 0) is 38.5 Å². The van der Waals surface area contributed by atoms with Crippen molar-refractivity contribution in [2.75, 3.05) is 29.0 Å². The van der Waals surface area contributed by atoms with Gasteiger partial charge in [0.1, 0.15) is 0 Å². The maximum atomic E-state index is 6.20. The average molecular weight is 307 g/mol. The number of nitrogens with zero attached hydrogens (tertiary/aromatic N) is 4. The van der Waals surface area contributed by atoms with Gasteiger partial charge in [0.25, 0.3) is 0 Å². The zero-order valence-electron chi connectivity index (χ0n) is 12.4. The molecular formula is C14H19ClN6. The summed E-state index contributed by atoms with van der Waals surface area (Å²) in [5, 5.41) is 3.69. The Bertz CT molecular complexity index is 627. The summed E-state index contributed by atoms with van der Waals surface area (Å²) in [7, 11) is 0. The lowest BCUT2D eigenvalue weighted by atomic mass is 10.2. The monoisotopic (exact) mass is 306 g/mol. The topological polar surface area (TPSA) is 80.0 Å². The molecule has 1 aromatic heterocycles. The minimum atomic E-state index is 0.178. The molecule has 112 valence electrons. The lowest BCUT2D eigenvalue weighted by Gasteiger charge is -2.19. The molecule has 2 aromatic rings. The summed E-state index contributed by atoms with van der Waals surface area (Å²) in [6.45, 7) is 7.64. The fourth-order valence-electron chi connectivity index (χ4n) is 1.93. The summed E-state index contributed by atoms with van der Waals surface area (Å²) < 4.78 is 0. The summed E-state index contributed by atoms with van der Waals surface area (Å²) >= 11 is 6.20. The molecule has 1 heterocycles. The number of rotatable bonds is 5. The van der Waals surface area contributed by atoms with E-state index in [4.69, 9.17) is 17.3 Å². The van der Waals surface area contributed by atoms with Gasteiger partial charge in [0.15, 0.2) is 0 Å². The highest BCUT2D eigenvalue weighted by Crippen LogP contribution is 2.25. The molecular weight excluding hydrogens is 288 g/mol. The van der Waals surface area contributed by atoms with Crippen molar-refractivity contribution in [1.29, 1.82) is 0 Å². The molecule has 6 nitrogen and oxygen atoms in total. The molecule has 2 rings (SSSR count). The molecule has 0 saturated heterocycles. The van der Waals surface area contributed by atoms with Crippen LogP contribution in [0.3, 0.4) is 0 Å². The van der Waals surface area contributed by atoms with Crippen molar-refractivity contribution in [2.45, 2.75) is 20.8 Å². The third-order valence-electron chi connectivity index (χ3n) is 3.06. The fraction of sp³-hybridized carbons (Fsp3) is 0.357. The first-order valence-electron chi connectivity index (χ1n) is 6.83. The van der Waals surface area contributed by atoms with Crippen LogP contribution in [0.4, 0.5) is 23.5 Å². The van der Waals surface area contributed by atoms with Gasteiger partial charge in [-0.2, -0.15) is 15.0 Å². The smallest absolute Gasteiger partial charge is 0.233 e. The fourth-order valence-corrected chi connectivity index (χ4v) is 2.21. The maximum absolute atomic E-state index is 6.20. The second kappa shape index (κ2) is 6.58. The van der Waals surface area contributed by atoms with E-state index in [0.29, 0.717) is 16.9 Å². The van der Waals surface area contributed by atoms with Gasteiger partial charge in [0, 0.05) is 13.1 Å². The van der Waals surface area contributed by atoms with Crippen LogP contribution in [0.5, 0.6) is 0 Å². The van der Waals surface area contributed by atoms with Gasteiger partial charge in [0.05, 0.1) is 10.7 Å². The van der Waals surface area contributed by atoms with E-state index in [2.05, 4.69) is 20.3 Å². The van der Waals surface area contributed by atoms with Crippen LogP contribution in [0.1, 0.15) is 19.4 Å². The Kier molecular flexibility index (Phi) is 4.80. The lowest BCUT2D eigenvalue weighted by molar-refractivity contribution is 0.816. The van der Waals surface area contributed by atoms with E-state index in [-0.39, 0.29) is 5.95 Å². The van der Waals surface area contributed by atoms with E-state index in [1.54, 1.807) is 0 Å². The molecule has 3 N–H and O–H groups in total. The van der Waals surface area contributed by atoms with E-state index in [0.717, 1.165) is 24.3 Å². The third kappa shape index (κ3) is 3.72. The van der Waals surface area contributed by atoms with Crippen LogP contribution in [0.2, 0.25) is 5.02 Å². The van der Waals surface area contributed by atoms with Gasteiger partial charge in [-0.15, -0.1) is 0 Å². The first-order chi connectivity index (χ1) is 10.0. The molecule has 0 atom stereocenters. The lowest BCUT2D eigenvalue weighted by Crippen LogP contribution is -2.25. The van der Waals surface area contributed by atoms with Crippen LogP contribution in [0.25, 0.3) is 0 Å². The Hall–Kier alpha value is -2.08. The van der Waals surface area contributed by atoms with Crippen molar-refractivity contribution in [3.05, 3.63) is 28.8 Å². The molecule has 0 unspecified atom stereocenters. The Balaban J connectivity index is 2.31. The number of nitrogens with two attached hydrogens (primary N) is 1. The Morgan fingerprint density at radius 1 is 1.19 bits per heavy atom. The normalized spacial score (nSPS) is 10.5. The molecule has 1 aromatic carbocycles. The van der Waals surface area contributed by atoms with Crippen molar-refractivity contribution in [3.63, 3.8) is 0 Å². The second-order valence-corrected chi connectivity index (χ2v) is 5.01. The number of benzene rings is 1. The average Bonchev–Trinajstić information content (AvgIpc) is 2.43. The molecule has 0 aliphatic rings. The highest BCUT2D eigenvalue weighted by molar-refractivity contribution is 6.33. The molecule has 0 radical (unpaired) electrons. The maximum Gasteiger partial charge on any atom is 0.233 e. The number of anilines is 4. The van der Waals surface area contributed by atoms with Crippen molar-refractivity contribution < 1.29 is 0 Å². The molecule has 21 heavy (non-hydrogen) atoms. The zero-order chi connectivity index (χ0) is 15.4. The van der Waals surface area contributed by atoms with Crippen LogP contribution in [-0.2, 0) is 0 Å². The predicted octanol–water partition coefficient (Wildman–Crippen LogP) is 3.01. The van der Waals surface area contributed by atoms with Crippen molar-refractivity contribution >= 4 is 35.1 Å². The van der Waals surface area contributed by atoms with E-state index >= 15 is 0 Å². The quantitative estimate of drug-likeness (QED) is 0.884. The Morgan fingerprint density at radius 3 is 2.52 bits per heavy atom. The van der Waals surface area contributed by atoms with Crippen LogP contribution in [-0.4, -0.2) is 28.0 Å². The molecule has 0 bridgehead atoms. The number of hydrogen-bond donors (Lipinski definition) is 2. The van der Waals surface area contributed by atoms with Gasteiger partial charge in [-0.3, -0.25) is 0 Å². The Morgan fingerprint density at radius 2 is 1.90 bits per heavy atom. The van der Waals surface area contributed by atoms with Gasteiger partial charge >= 0.3 is 0 Å². The van der Waals surface area contributed by atoms with Crippen LogP contribution in [0, 0.1) is 6.92 Å². The molecule has 0 fully saturated rings. The predicted molar refractivity (Wildman–Crippen MR) is 87.3 cm³/mol. The van der Waals surface area contributed by atoms with Crippen LogP contribution < -0.4 is 16.0 Å². The standard InChI is InChI=1S/C14H19ClN6/c1-4-21(5-2)14-19-12(16)18-13(20-14)17-11-7-6-9(3)8-10(11)15/h6-8H,4-5H2,1-3H3,(H3,16,17,18,19,20). The largest absolute Gasteiger partial charge is 0.368 e. The number of nitrogen functional groups attached to an aromatic ring is 1. The molecule has 0 spiro atoms. The molecule has 7 heteroatoms. The van der Waals surface area contributed by atoms with E-state index in [9.17, 15) is 0 Å². The summed E-state index contributed by atoms with van der Waals surface area (Å²) in [6.07, 6.45) is 0. The number of nitrogens with one attached hydrogen (secondary N) is 1. The first-order valence-corrected chi connectivity index (χ1v) is 7.21. The number of aromatic nitrogens is 3. The number of aryl methyl sites for hydroxylation is 1.